The molecule has 0 amide bonds. The third-order valence-corrected chi connectivity index (χ3v) is 1.65. The van der Waals surface area contributed by atoms with E-state index in [0.29, 0.717) is 17.3 Å². The van der Waals surface area contributed by atoms with Crippen LogP contribution in [0, 0.1) is 0 Å². The van der Waals surface area contributed by atoms with Gasteiger partial charge in [-0.05, 0) is 6.07 Å². The third-order valence-electron chi connectivity index (χ3n) is 1.65. The molecule has 0 aliphatic rings. The van der Waals surface area contributed by atoms with E-state index in [2.05, 4.69) is 4.98 Å². The molecule has 0 aliphatic carbocycles. The summed E-state index contributed by atoms with van der Waals surface area (Å²) in [6, 6.07) is 3.53. The molecule has 0 bridgehead atoms. The molecule has 0 saturated carbocycles. The highest BCUT2D eigenvalue weighted by Crippen LogP contribution is 2.20. The van der Waals surface area contributed by atoms with Crippen molar-refractivity contribution in [1.82, 2.24) is 4.98 Å². The average Bonchev–Trinajstić information content (AvgIpc) is 2.25. The van der Waals surface area contributed by atoms with Crippen molar-refractivity contribution in [3.05, 3.63) is 24.1 Å². The molecular weight excluding hydrogens is 182 g/mol. The Kier molecular flexibility index (Phi) is 3.79. The molecule has 0 N–H and O–H groups in total. The number of hydrogen-bond acceptors (Lipinski definition) is 4. The zero-order valence-corrected chi connectivity index (χ0v) is 8.48. The molecule has 14 heavy (non-hydrogen) atoms. The van der Waals surface area contributed by atoms with Gasteiger partial charge in [0.15, 0.2) is 0 Å². The normalized spacial score (nSPS) is 10.2. The lowest BCUT2D eigenvalue weighted by atomic mass is 10.3. The van der Waals surface area contributed by atoms with Gasteiger partial charge < -0.3 is 14.2 Å². The molecule has 0 atom stereocenters. The van der Waals surface area contributed by atoms with Gasteiger partial charge in [-0.1, -0.05) is 0 Å². The van der Waals surface area contributed by atoms with Crippen molar-refractivity contribution in [2.45, 2.75) is 0 Å². The van der Waals surface area contributed by atoms with Gasteiger partial charge in [0.2, 0.25) is 5.88 Å². The van der Waals surface area contributed by atoms with Crippen LogP contribution in [-0.2, 0) is 4.74 Å². The fourth-order valence-electron chi connectivity index (χ4n) is 0.982. The molecule has 1 rings (SSSR count). The van der Waals surface area contributed by atoms with E-state index in [9.17, 15) is 0 Å². The number of hydrogen-bond donors (Lipinski definition) is 0. The van der Waals surface area contributed by atoms with E-state index in [4.69, 9.17) is 14.2 Å². The monoisotopic (exact) mass is 195 g/mol. The van der Waals surface area contributed by atoms with Crippen molar-refractivity contribution in [1.29, 1.82) is 0 Å². The van der Waals surface area contributed by atoms with Crippen molar-refractivity contribution < 1.29 is 14.2 Å². The van der Waals surface area contributed by atoms with E-state index in [-0.39, 0.29) is 0 Å². The van der Waals surface area contributed by atoms with E-state index in [1.54, 1.807) is 39.5 Å². The summed E-state index contributed by atoms with van der Waals surface area (Å²) in [6.45, 7) is 0. The molecule has 1 heterocycles. The molecule has 0 saturated heterocycles. The summed E-state index contributed by atoms with van der Waals surface area (Å²) in [4.78, 5) is 4.19. The molecule has 0 aliphatic heterocycles. The number of pyridine rings is 1. The minimum absolute atomic E-state index is 0.543. The van der Waals surface area contributed by atoms with E-state index in [0.717, 1.165) is 0 Å². The van der Waals surface area contributed by atoms with Crippen molar-refractivity contribution in [2.75, 3.05) is 21.3 Å². The van der Waals surface area contributed by atoms with E-state index >= 15 is 0 Å². The Morgan fingerprint density at radius 1 is 1.14 bits per heavy atom. The molecule has 0 unspecified atom stereocenters. The summed E-state index contributed by atoms with van der Waals surface area (Å²) in [5.41, 5.74) is 0.675. The summed E-state index contributed by atoms with van der Waals surface area (Å²) in [6.07, 6.45) is 3.24. The minimum atomic E-state index is 0.543. The first-order valence-electron chi connectivity index (χ1n) is 4.10. The molecule has 0 aromatic carbocycles. The first-order chi connectivity index (χ1) is 6.81. The first-order valence-corrected chi connectivity index (χ1v) is 4.10. The van der Waals surface area contributed by atoms with E-state index in [1.165, 1.54) is 6.26 Å². The predicted molar refractivity (Wildman–Crippen MR) is 53.4 cm³/mol. The molecule has 0 spiro atoms. The lowest BCUT2D eigenvalue weighted by Crippen LogP contribution is -1.93. The number of ether oxygens (including phenoxy) is 3. The summed E-state index contributed by atoms with van der Waals surface area (Å²) >= 11 is 0. The summed E-state index contributed by atoms with van der Waals surface area (Å²) in [7, 11) is 4.73. The van der Waals surface area contributed by atoms with Gasteiger partial charge in [-0.15, -0.1) is 0 Å². The number of aromatic nitrogens is 1. The predicted octanol–water partition coefficient (Wildman–Crippen LogP) is 1.72. The molecule has 0 radical (unpaired) electrons. The molecule has 76 valence electrons. The van der Waals surface area contributed by atoms with Crippen LogP contribution in [-0.4, -0.2) is 26.3 Å². The average molecular weight is 195 g/mol. The first kappa shape index (κ1) is 10.4. The zero-order chi connectivity index (χ0) is 10.4. The highest BCUT2D eigenvalue weighted by atomic mass is 16.5. The summed E-state index contributed by atoms with van der Waals surface area (Å²) in [5, 5.41) is 0. The van der Waals surface area contributed by atoms with Gasteiger partial charge in [0.25, 0.3) is 0 Å². The lowest BCUT2D eigenvalue weighted by Gasteiger charge is -2.05. The Balaban J connectivity index is 3.02. The van der Waals surface area contributed by atoms with Crippen LogP contribution in [0.5, 0.6) is 11.6 Å². The fourth-order valence-corrected chi connectivity index (χ4v) is 0.982. The second-order valence-electron chi connectivity index (χ2n) is 2.48. The molecule has 1 aromatic heterocycles. The Bertz CT molecular complexity index is 323. The quantitative estimate of drug-likeness (QED) is 0.686. The van der Waals surface area contributed by atoms with Gasteiger partial charge in [0, 0.05) is 12.1 Å². The van der Waals surface area contributed by atoms with Crippen LogP contribution >= 0.6 is 0 Å². The van der Waals surface area contributed by atoms with Gasteiger partial charge in [-0.2, -0.15) is 0 Å². The van der Waals surface area contributed by atoms with Crippen LogP contribution in [0.4, 0.5) is 0 Å². The van der Waals surface area contributed by atoms with Crippen LogP contribution < -0.4 is 9.47 Å². The smallest absolute Gasteiger partial charge is 0.213 e. The maximum absolute atomic E-state index is 5.12. The number of nitrogens with zero attached hydrogens (tertiary/aromatic N) is 1. The molecule has 4 heteroatoms. The second kappa shape index (κ2) is 5.11. The maximum atomic E-state index is 5.12. The third kappa shape index (κ3) is 2.39. The fraction of sp³-hybridized carbons (Fsp3) is 0.300. The van der Waals surface area contributed by atoms with Gasteiger partial charge in [-0.3, -0.25) is 0 Å². The summed E-state index contributed by atoms with van der Waals surface area (Å²) < 4.78 is 14.9. The Hall–Kier alpha value is -1.71. The Morgan fingerprint density at radius 3 is 2.50 bits per heavy atom. The molecular formula is C10H13NO3. The van der Waals surface area contributed by atoms with Gasteiger partial charge in [0.1, 0.15) is 11.4 Å². The van der Waals surface area contributed by atoms with Crippen molar-refractivity contribution in [3.63, 3.8) is 0 Å². The van der Waals surface area contributed by atoms with E-state index in [1.807, 2.05) is 0 Å². The van der Waals surface area contributed by atoms with Gasteiger partial charge in [0.05, 0.1) is 27.6 Å². The molecule has 1 aromatic rings. The lowest BCUT2D eigenvalue weighted by molar-refractivity contribution is 0.340. The largest absolute Gasteiger partial charge is 0.504 e. The van der Waals surface area contributed by atoms with E-state index < -0.39 is 0 Å². The highest BCUT2D eigenvalue weighted by molar-refractivity contribution is 5.53. The highest BCUT2D eigenvalue weighted by Gasteiger charge is 2.02. The van der Waals surface area contributed by atoms with Gasteiger partial charge >= 0.3 is 0 Å². The Morgan fingerprint density at radius 2 is 1.93 bits per heavy atom. The van der Waals surface area contributed by atoms with Crippen molar-refractivity contribution in [2.24, 2.45) is 0 Å². The van der Waals surface area contributed by atoms with Crippen LogP contribution in [0.25, 0.3) is 6.08 Å². The molecule has 4 nitrogen and oxygen atoms in total. The number of rotatable bonds is 4. The zero-order valence-electron chi connectivity index (χ0n) is 8.48. The summed E-state index contributed by atoms with van der Waals surface area (Å²) in [5.74, 6) is 1.22. The van der Waals surface area contributed by atoms with Crippen molar-refractivity contribution >= 4 is 6.08 Å². The number of methoxy groups -OCH3 is 3. The van der Waals surface area contributed by atoms with Crippen molar-refractivity contribution in [3.8, 4) is 11.6 Å². The van der Waals surface area contributed by atoms with Crippen LogP contribution in [0.1, 0.15) is 5.69 Å². The molecule has 0 fully saturated rings. The maximum Gasteiger partial charge on any atom is 0.213 e. The Labute approximate surface area is 83.1 Å². The SMILES string of the molecule is COC=Cc1nc(OC)ccc1OC. The van der Waals surface area contributed by atoms with Crippen LogP contribution in [0.15, 0.2) is 18.4 Å². The van der Waals surface area contributed by atoms with Crippen LogP contribution in [0.3, 0.4) is 0 Å². The van der Waals surface area contributed by atoms with Crippen LogP contribution in [0.2, 0.25) is 0 Å². The topological polar surface area (TPSA) is 40.6 Å². The minimum Gasteiger partial charge on any atom is -0.504 e. The standard InChI is InChI=1S/C10H13NO3/c1-12-7-6-8-9(13-2)4-5-10(11-8)14-3/h4-7H,1-3H3. The second-order valence-corrected chi connectivity index (χ2v) is 2.48. The van der Waals surface area contributed by atoms with Gasteiger partial charge in [-0.25, -0.2) is 4.98 Å².